The number of methoxy groups -OCH3 is 2. The number of benzene rings is 2. The Balaban J connectivity index is 1.77. The Kier molecular flexibility index (Phi) is 6.58. The molecule has 0 unspecified atom stereocenters. The first kappa shape index (κ1) is 23.7. The van der Waals surface area contributed by atoms with E-state index < -0.39 is 11.8 Å². The van der Waals surface area contributed by atoms with Crippen molar-refractivity contribution in [2.75, 3.05) is 19.1 Å². The van der Waals surface area contributed by atoms with Crippen molar-refractivity contribution in [3.05, 3.63) is 75.5 Å². The van der Waals surface area contributed by atoms with Crippen molar-refractivity contribution in [3.63, 3.8) is 0 Å². The molecule has 1 N–H and O–H groups in total. The van der Waals surface area contributed by atoms with Gasteiger partial charge >= 0.3 is 0 Å². The van der Waals surface area contributed by atoms with Gasteiger partial charge in [0.25, 0.3) is 11.8 Å². The number of nitrogens with one attached hydrogen (secondary N) is 1. The van der Waals surface area contributed by atoms with Crippen LogP contribution in [0.1, 0.15) is 17.0 Å². The maximum Gasteiger partial charge on any atom is 0.270 e. The molecule has 2 heterocycles. The third-order valence-corrected chi connectivity index (χ3v) is 6.40. The molecule has 1 aliphatic rings. The Hall–Kier alpha value is -3.43. The van der Waals surface area contributed by atoms with Crippen LogP contribution in [0.15, 0.2) is 58.6 Å². The van der Waals surface area contributed by atoms with Gasteiger partial charge in [-0.2, -0.15) is 0 Å². The quantitative estimate of drug-likeness (QED) is 0.289. The van der Waals surface area contributed by atoms with E-state index in [-0.39, 0.29) is 10.7 Å². The van der Waals surface area contributed by atoms with Crippen LogP contribution in [0.2, 0.25) is 0 Å². The summed E-state index contributed by atoms with van der Waals surface area (Å²) < 4.78 is 13.7. The molecule has 174 valence electrons. The van der Waals surface area contributed by atoms with E-state index in [0.717, 1.165) is 27.1 Å². The van der Waals surface area contributed by atoms with Gasteiger partial charge in [-0.15, -0.1) is 0 Å². The first-order valence-electron chi connectivity index (χ1n) is 10.3. The minimum atomic E-state index is -0.549. The van der Waals surface area contributed by atoms with Crippen LogP contribution in [0.5, 0.6) is 11.5 Å². The van der Waals surface area contributed by atoms with Crippen LogP contribution in [0, 0.1) is 13.8 Å². The van der Waals surface area contributed by atoms with Gasteiger partial charge in [-0.3, -0.25) is 14.9 Å². The number of hydrogen-bond donors (Lipinski definition) is 1. The number of amides is 2. The Morgan fingerprint density at radius 1 is 1.00 bits per heavy atom. The second-order valence-electron chi connectivity index (χ2n) is 7.63. The van der Waals surface area contributed by atoms with Crippen LogP contribution >= 0.6 is 28.1 Å². The third-order valence-electron chi connectivity index (χ3n) is 5.58. The molecule has 9 heteroatoms. The number of hydrogen-bond acceptors (Lipinski definition) is 5. The van der Waals surface area contributed by atoms with Gasteiger partial charge in [-0.05, 0) is 80.2 Å². The number of carbonyl (C=O) groups excluding carboxylic acids is 2. The molecule has 1 aliphatic heterocycles. The zero-order valence-electron chi connectivity index (χ0n) is 19.0. The number of aromatic nitrogens is 1. The Morgan fingerprint density at radius 3 is 2.35 bits per heavy atom. The maximum absolute atomic E-state index is 13.5. The van der Waals surface area contributed by atoms with Gasteiger partial charge in [0.15, 0.2) is 5.11 Å². The Bertz CT molecular complexity index is 1340. The van der Waals surface area contributed by atoms with Crippen molar-refractivity contribution in [2.24, 2.45) is 0 Å². The standard InChI is InChI=1S/C25H22BrN3O4S/c1-14-11-16(15(2)28(14)18-7-5-17(26)6-8-18)12-20-23(30)27-25(34)29(24(20)31)21-10-9-19(32-3)13-22(21)33-4/h5-13H,1-4H3,(H,27,30,34)/b20-12-. The van der Waals surface area contributed by atoms with E-state index in [4.69, 9.17) is 21.7 Å². The highest BCUT2D eigenvalue weighted by Gasteiger charge is 2.36. The monoisotopic (exact) mass is 539 g/mol. The first-order valence-corrected chi connectivity index (χ1v) is 11.5. The van der Waals surface area contributed by atoms with Crippen LogP contribution in [0.3, 0.4) is 0 Å². The molecule has 2 amide bonds. The fourth-order valence-electron chi connectivity index (χ4n) is 3.92. The molecule has 1 aromatic heterocycles. The fourth-order valence-corrected chi connectivity index (χ4v) is 4.46. The number of halogens is 1. The predicted molar refractivity (Wildman–Crippen MR) is 139 cm³/mol. The van der Waals surface area contributed by atoms with Gasteiger partial charge in [0.05, 0.1) is 19.9 Å². The zero-order chi connectivity index (χ0) is 24.6. The van der Waals surface area contributed by atoms with Crippen molar-refractivity contribution in [1.82, 2.24) is 9.88 Å². The maximum atomic E-state index is 13.5. The largest absolute Gasteiger partial charge is 0.497 e. The van der Waals surface area contributed by atoms with E-state index in [1.165, 1.54) is 19.1 Å². The highest BCUT2D eigenvalue weighted by Crippen LogP contribution is 2.34. The van der Waals surface area contributed by atoms with Gasteiger partial charge in [-0.1, -0.05) is 15.9 Å². The van der Waals surface area contributed by atoms with E-state index in [0.29, 0.717) is 17.2 Å². The van der Waals surface area contributed by atoms with Gasteiger partial charge in [0.1, 0.15) is 17.1 Å². The number of anilines is 1. The summed E-state index contributed by atoms with van der Waals surface area (Å²) in [5.41, 5.74) is 3.99. The van der Waals surface area contributed by atoms with Crippen molar-refractivity contribution < 1.29 is 19.1 Å². The molecule has 0 spiro atoms. The molecule has 3 aromatic rings. The molecule has 1 fully saturated rings. The number of thiocarbonyl (C=S) groups is 1. The second kappa shape index (κ2) is 9.44. The number of carbonyl (C=O) groups is 2. The number of nitrogens with zero attached hydrogens (tertiary/aromatic N) is 2. The summed E-state index contributed by atoms with van der Waals surface area (Å²) in [5, 5.41) is 2.60. The summed E-state index contributed by atoms with van der Waals surface area (Å²) in [6.07, 6.45) is 1.60. The van der Waals surface area contributed by atoms with Crippen molar-refractivity contribution in [2.45, 2.75) is 13.8 Å². The lowest BCUT2D eigenvalue weighted by Gasteiger charge is -2.30. The molecule has 0 saturated carbocycles. The molecule has 2 aromatic carbocycles. The lowest BCUT2D eigenvalue weighted by molar-refractivity contribution is -0.122. The number of ether oxygens (including phenoxy) is 2. The summed E-state index contributed by atoms with van der Waals surface area (Å²) in [7, 11) is 3.03. The smallest absolute Gasteiger partial charge is 0.270 e. The highest BCUT2D eigenvalue weighted by atomic mass is 79.9. The Labute approximate surface area is 211 Å². The zero-order valence-corrected chi connectivity index (χ0v) is 21.4. The van der Waals surface area contributed by atoms with E-state index in [9.17, 15) is 9.59 Å². The van der Waals surface area contributed by atoms with E-state index in [1.807, 2.05) is 44.2 Å². The molecule has 0 bridgehead atoms. The van der Waals surface area contributed by atoms with Crippen molar-refractivity contribution >= 4 is 56.8 Å². The summed E-state index contributed by atoms with van der Waals surface area (Å²) in [5.74, 6) is -0.132. The average Bonchev–Trinajstić information content (AvgIpc) is 3.10. The normalized spacial score (nSPS) is 15.0. The van der Waals surface area contributed by atoms with Gasteiger partial charge < -0.3 is 14.0 Å². The van der Waals surface area contributed by atoms with Crippen LogP contribution in [-0.4, -0.2) is 35.7 Å². The summed E-state index contributed by atoms with van der Waals surface area (Å²) in [6, 6.07) is 14.9. The first-order chi connectivity index (χ1) is 16.2. The van der Waals surface area contributed by atoms with E-state index in [1.54, 1.807) is 24.3 Å². The Morgan fingerprint density at radius 2 is 1.71 bits per heavy atom. The van der Waals surface area contributed by atoms with Crippen LogP contribution < -0.4 is 19.7 Å². The summed E-state index contributed by atoms with van der Waals surface area (Å²) >= 11 is 8.78. The molecule has 34 heavy (non-hydrogen) atoms. The second-order valence-corrected chi connectivity index (χ2v) is 8.94. The lowest BCUT2D eigenvalue weighted by atomic mass is 10.1. The minimum Gasteiger partial charge on any atom is -0.497 e. The third kappa shape index (κ3) is 4.24. The van der Waals surface area contributed by atoms with E-state index in [2.05, 4.69) is 25.8 Å². The topological polar surface area (TPSA) is 72.8 Å². The molecule has 0 aliphatic carbocycles. The molecule has 0 radical (unpaired) electrons. The van der Waals surface area contributed by atoms with Gasteiger partial charge in [0, 0.05) is 27.6 Å². The van der Waals surface area contributed by atoms with Crippen molar-refractivity contribution in [1.29, 1.82) is 0 Å². The minimum absolute atomic E-state index is 0.0176. The number of aryl methyl sites for hydroxylation is 1. The van der Waals surface area contributed by atoms with Gasteiger partial charge in [0.2, 0.25) is 0 Å². The lowest BCUT2D eigenvalue weighted by Crippen LogP contribution is -2.54. The van der Waals surface area contributed by atoms with Gasteiger partial charge in [-0.25, -0.2) is 4.90 Å². The summed E-state index contributed by atoms with van der Waals surface area (Å²) in [6.45, 7) is 3.92. The van der Waals surface area contributed by atoms with E-state index >= 15 is 0 Å². The molecule has 7 nitrogen and oxygen atoms in total. The molecule has 4 rings (SSSR count). The number of rotatable bonds is 5. The highest BCUT2D eigenvalue weighted by molar-refractivity contribution is 9.10. The van der Waals surface area contributed by atoms with Crippen molar-refractivity contribution in [3.8, 4) is 17.2 Å². The molecule has 0 atom stereocenters. The fraction of sp³-hybridized carbons (Fsp3) is 0.160. The van der Waals surface area contributed by atoms with Crippen LogP contribution in [-0.2, 0) is 9.59 Å². The average molecular weight is 540 g/mol. The molecular weight excluding hydrogens is 518 g/mol. The molecule has 1 saturated heterocycles. The molecular formula is C25H22BrN3O4S. The van der Waals surface area contributed by atoms with Crippen LogP contribution in [0.25, 0.3) is 11.8 Å². The predicted octanol–water partition coefficient (Wildman–Crippen LogP) is 4.71. The van der Waals surface area contributed by atoms with Crippen LogP contribution in [0.4, 0.5) is 5.69 Å². The SMILES string of the molecule is COc1ccc(N2C(=O)/C(=C\c3cc(C)n(-c4ccc(Br)cc4)c3C)C(=O)NC2=S)c(OC)c1. The summed E-state index contributed by atoms with van der Waals surface area (Å²) in [4.78, 5) is 27.5.